The molecule has 0 spiro atoms. The van der Waals surface area contributed by atoms with Gasteiger partial charge >= 0.3 is 6.18 Å². The normalized spacial score (nSPS) is 11.9. The molecular formula is C25H20F5NO. The van der Waals surface area contributed by atoms with E-state index in [1.807, 2.05) is 0 Å². The van der Waals surface area contributed by atoms with Crippen molar-refractivity contribution in [1.29, 1.82) is 0 Å². The molecule has 0 aliphatic rings. The first-order valence-electron chi connectivity index (χ1n) is 9.58. The van der Waals surface area contributed by atoms with Gasteiger partial charge in [-0.1, -0.05) is 37.4 Å². The Kier molecular flexibility index (Phi) is 6.21. The van der Waals surface area contributed by atoms with E-state index < -0.39 is 17.7 Å². The van der Waals surface area contributed by atoms with Crippen LogP contribution in [0.5, 0.6) is 5.75 Å². The zero-order valence-corrected chi connectivity index (χ0v) is 17.2. The molecule has 0 fully saturated rings. The molecule has 0 unspecified atom stereocenters. The second-order valence-corrected chi connectivity index (χ2v) is 7.48. The largest absolute Gasteiger partial charge is 0.507 e. The second kappa shape index (κ2) is 8.57. The maximum Gasteiger partial charge on any atom is 0.416 e. The molecule has 32 heavy (non-hydrogen) atoms. The fraction of sp³-hybridized carbons (Fsp3) is 0.160. The zero-order chi connectivity index (χ0) is 23.7. The Balaban J connectivity index is 1.86. The molecule has 3 aromatic rings. The SMILES string of the molecule is C=C(Cc1cccc(C(F)(F)F)c1)C(=C)c1ccc(-c2ncccc2C(C)(F)F)c(O)c1. The minimum absolute atomic E-state index is 0.0440. The van der Waals surface area contributed by atoms with Crippen LogP contribution in [0.3, 0.4) is 0 Å². The molecule has 0 saturated carbocycles. The summed E-state index contributed by atoms with van der Waals surface area (Å²) >= 11 is 0. The minimum atomic E-state index is -4.45. The zero-order valence-electron chi connectivity index (χ0n) is 17.2. The van der Waals surface area contributed by atoms with Crippen LogP contribution in [0, 0.1) is 0 Å². The molecule has 1 heterocycles. The van der Waals surface area contributed by atoms with Gasteiger partial charge in [-0.2, -0.15) is 13.2 Å². The lowest BCUT2D eigenvalue weighted by Crippen LogP contribution is -2.10. The highest BCUT2D eigenvalue weighted by atomic mass is 19.4. The quantitative estimate of drug-likeness (QED) is 0.317. The number of aromatic nitrogens is 1. The average molecular weight is 445 g/mol. The lowest BCUT2D eigenvalue weighted by Gasteiger charge is -2.17. The number of phenolic OH excluding ortho intramolecular Hbond substituents is 1. The van der Waals surface area contributed by atoms with Crippen molar-refractivity contribution in [3.8, 4) is 17.0 Å². The number of halogens is 5. The van der Waals surface area contributed by atoms with Crippen molar-refractivity contribution in [3.05, 3.63) is 102 Å². The first-order chi connectivity index (χ1) is 14.9. The summed E-state index contributed by atoms with van der Waals surface area (Å²) in [4.78, 5) is 4.00. The number of alkyl halides is 5. The van der Waals surface area contributed by atoms with E-state index in [0.29, 0.717) is 22.3 Å². The molecular weight excluding hydrogens is 425 g/mol. The van der Waals surface area contributed by atoms with Gasteiger partial charge in [0.2, 0.25) is 0 Å². The van der Waals surface area contributed by atoms with E-state index in [-0.39, 0.29) is 29.0 Å². The highest BCUT2D eigenvalue weighted by Gasteiger charge is 2.31. The molecule has 2 aromatic carbocycles. The molecule has 1 aromatic heterocycles. The van der Waals surface area contributed by atoms with Gasteiger partial charge in [-0.15, -0.1) is 0 Å². The predicted octanol–water partition coefficient (Wildman–Crippen LogP) is 7.40. The summed E-state index contributed by atoms with van der Waals surface area (Å²) in [6, 6.07) is 11.9. The summed E-state index contributed by atoms with van der Waals surface area (Å²) in [6.45, 7) is 8.57. The second-order valence-electron chi connectivity index (χ2n) is 7.48. The number of hydrogen-bond donors (Lipinski definition) is 1. The van der Waals surface area contributed by atoms with Gasteiger partial charge in [-0.05, 0) is 59.0 Å². The lowest BCUT2D eigenvalue weighted by atomic mass is 9.92. The van der Waals surface area contributed by atoms with E-state index >= 15 is 0 Å². The molecule has 0 amide bonds. The van der Waals surface area contributed by atoms with Crippen LogP contribution in [-0.2, 0) is 18.5 Å². The van der Waals surface area contributed by atoms with Crippen LogP contribution < -0.4 is 0 Å². The Bertz CT molecular complexity index is 1180. The number of hydrogen-bond acceptors (Lipinski definition) is 2. The van der Waals surface area contributed by atoms with Crippen molar-refractivity contribution in [2.75, 3.05) is 0 Å². The number of phenols is 1. The summed E-state index contributed by atoms with van der Waals surface area (Å²) in [7, 11) is 0. The maximum absolute atomic E-state index is 13.9. The highest BCUT2D eigenvalue weighted by Crippen LogP contribution is 2.39. The van der Waals surface area contributed by atoms with Gasteiger partial charge in [0.05, 0.1) is 11.3 Å². The molecule has 0 radical (unpaired) electrons. The number of allylic oxidation sites excluding steroid dienone is 2. The molecule has 0 aliphatic heterocycles. The standard InChI is InChI=1S/C25H20F5NO/c1-15(12-17-6-4-7-19(13-17)25(28,29)30)16(2)18-9-10-20(22(32)14-18)23-21(24(3,26)27)8-5-11-31-23/h4-11,13-14,32H,1-2,12H2,3H3. The van der Waals surface area contributed by atoms with E-state index in [1.54, 1.807) is 12.1 Å². The summed E-state index contributed by atoms with van der Waals surface area (Å²) in [5.41, 5.74) is 0.741. The number of aromatic hydroxyl groups is 1. The van der Waals surface area contributed by atoms with Crippen LogP contribution in [-0.4, -0.2) is 10.1 Å². The van der Waals surface area contributed by atoms with E-state index in [4.69, 9.17) is 0 Å². The predicted molar refractivity (Wildman–Crippen MR) is 114 cm³/mol. The van der Waals surface area contributed by atoms with Crippen LogP contribution in [0.1, 0.15) is 29.2 Å². The van der Waals surface area contributed by atoms with Gasteiger partial charge in [0.25, 0.3) is 5.92 Å². The number of benzene rings is 2. The summed E-state index contributed by atoms with van der Waals surface area (Å²) < 4.78 is 66.7. The lowest BCUT2D eigenvalue weighted by molar-refractivity contribution is -0.137. The van der Waals surface area contributed by atoms with Crippen molar-refractivity contribution in [2.45, 2.75) is 25.4 Å². The van der Waals surface area contributed by atoms with Gasteiger partial charge in [0.1, 0.15) is 5.75 Å². The van der Waals surface area contributed by atoms with Crippen molar-refractivity contribution in [3.63, 3.8) is 0 Å². The van der Waals surface area contributed by atoms with Crippen molar-refractivity contribution in [2.24, 2.45) is 0 Å². The maximum atomic E-state index is 13.9. The molecule has 0 saturated heterocycles. The van der Waals surface area contributed by atoms with E-state index in [0.717, 1.165) is 19.1 Å². The topological polar surface area (TPSA) is 33.1 Å². The molecule has 0 aliphatic carbocycles. The van der Waals surface area contributed by atoms with E-state index in [2.05, 4.69) is 18.1 Å². The van der Waals surface area contributed by atoms with Gasteiger partial charge in [-0.3, -0.25) is 4.98 Å². The van der Waals surface area contributed by atoms with Crippen LogP contribution in [0.4, 0.5) is 22.0 Å². The molecule has 2 nitrogen and oxygen atoms in total. The molecule has 166 valence electrons. The number of rotatable bonds is 6. The Morgan fingerprint density at radius 2 is 1.69 bits per heavy atom. The van der Waals surface area contributed by atoms with Gasteiger partial charge < -0.3 is 5.11 Å². The third-order valence-electron chi connectivity index (χ3n) is 4.98. The molecule has 0 bridgehead atoms. The van der Waals surface area contributed by atoms with Crippen LogP contribution >= 0.6 is 0 Å². The monoisotopic (exact) mass is 445 g/mol. The Hall–Kier alpha value is -3.48. The third kappa shape index (κ3) is 5.04. The Labute approximate surface area is 182 Å². The van der Waals surface area contributed by atoms with Crippen LogP contribution in [0.15, 0.2) is 79.5 Å². The van der Waals surface area contributed by atoms with E-state index in [1.165, 1.54) is 36.5 Å². The molecule has 7 heteroatoms. The molecule has 3 rings (SSSR count). The average Bonchev–Trinajstić information content (AvgIpc) is 2.72. The fourth-order valence-electron chi connectivity index (χ4n) is 3.31. The number of nitrogens with zero attached hydrogens (tertiary/aromatic N) is 1. The smallest absolute Gasteiger partial charge is 0.416 e. The summed E-state index contributed by atoms with van der Waals surface area (Å²) in [5.74, 6) is -3.43. The number of pyridine rings is 1. The van der Waals surface area contributed by atoms with Crippen molar-refractivity contribution < 1.29 is 27.1 Å². The Morgan fingerprint density at radius 3 is 2.31 bits per heavy atom. The highest BCUT2D eigenvalue weighted by molar-refractivity contribution is 5.81. The van der Waals surface area contributed by atoms with Crippen LogP contribution in [0.2, 0.25) is 0 Å². The fourth-order valence-corrected chi connectivity index (χ4v) is 3.31. The van der Waals surface area contributed by atoms with Gasteiger partial charge in [-0.25, -0.2) is 8.78 Å². The summed E-state index contributed by atoms with van der Waals surface area (Å²) in [5, 5.41) is 10.5. The van der Waals surface area contributed by atoms with Crippen LogP contribution in [0.25, 0.3) is 16.8 Å². The van der Waals surface area contributed by atoms with Crippen molar-refractivity contribution in [1.82, 2.24) is 4.98 Å². The third-order valence-corrected chi connectivity index (χ3v) is 4.98. The van der Waals surface area contributed by atoms with Crippen molar-refractivity contribution >= 4 is 5.57 Å². The molecule has 1 N–H and O–H groups in total. The summed E-state index contributed by atoms with van der Waals surface area (Å²) in [6.07, 6.45) is -2.97. The molecule has 0 atom stereocenters. The van der Waals surface area contributed by atoms with E-state index in [9.17, 15) is 27.1 Å². The minimum Gasteiger partial charge on any atom is -0.507 e. The first-order valence-corrected chi connectivity index (χ1v) is 9.58. The van der Waals surface area contributed by atoms with Gasteiger partial charge in [0.15, 0.2) is 0 Å². The van der Waals surface area contributed by atoms with Gasteiger partial charge in [0, 0.05) is 24.2 Å². The first kappa shape index (κ1) is 23.2. The Morgan fingerprint density at radius 1 is 0.969 bits per heavy atom.